The number of carboxylic acids is 1. The first-order valence-electron chi connectivity index (χ1n) is 5.77. The van der Waals surface area contributed by atoms with E-state index in [0.29, 0.717) is 12.0 Å². The second kappa shape index (κ2) is 4.76. The summed E-state index contributed by atoms with van der Waals surface area (Å²) < 4.78 is 13.0. The molecule has 0 heterocycles. The molecule has 0 unspecified atom stereocenters. The van der Waals surface area contributed by atoms with E-state index >= 15 is 0 Å². The summed E-state index contributed by atoms with van der Waals surface area (Å²) in [5.74, 6) is -2.58. The first-order chi connectivity index (χ1) is 8.49. The van der Waals surface area contributed by atoms with Crippen molar-refractivity contribution < 1.29 is 19.1 Å². The highest BCUT2D eigenvalue weighted by molar-refractivity contribution is 5.89. The van der Waals surface area contributed by atoms with Gasteiger partial charge >= 0.3 is 5.97 Å². The summed E-state index contributed by atoms with van der Waals surface area (Å²) in [4.78, 5) is 22.4. The molecule has 0 saturated heterocycles. The Hall–Kier alpha value is -1.91. The summed E-state index contributed by atoms with van der Waals surface area (Å²) in [6.45, 7) is 1.74. The number of nitrogens with one attached hydrogen (secondary N) is 1. The van der Waals surface area contributed by atoms with Crippen molar-refractivity contribution in [2.75, 3.05) is 0 Å². The van der Waals surface area contributed by atoms with Crippen molar-refractivity contribution in [1.29, 1.82) is 0 Å². The molecule has 1 aromatic carbocycles. The van der Waals surface area contributed by atoms with Gasteiger partial charge in [-0.3, -0.25) is 9.59 Å². The summed E-state index contributed by atoms with van der Waals surface area (Å²) >= 11 is 0. The lowest BCUT2D eigenvalue weighted by Gasteiger charge is -2.14. The Morgan fingerprint density at radius 1 is 1.44 bits per heavy atom. The predicted molar refractivity (Wildman–Crippen MR) is 62.2 cm³/mol. The van der Waals surface area contributed by atoms with Gasteiger partial charge in [-0.05, 0) is 31.0 Å². The molecule has 0 aliphatic heterocycles. The number of benzene rings is 1. The average molecular weight is 251 g/mol. The molecule has 1 aliphatic carbocycles. The van der Waals surface area contributed by atoms with Gasteiger partial charge in [-0.2, -0.15) is 0 Å². The molecule has 0 bridgehead atoms. The van der Waals surface area contributed by atoms with E-state index in [2.05, 4.69) is 5.32 Å². The van der Waals surface area contributed by atoms with Crippen LogP contribution in [-0.2, 0) is 9.59 Å². The van der Waals surface area contributed by atoms with Crippen LogP contribution in [0.4, 0.5) is 4.39 Å². The molecule has 1 aliphatic rings. The van der Waals surface area contributed by atoms with Gasteiger partial charge in [0.2, 0.25) is 5.91 Å². The largest absolute Gasteiger partial charge is 0.481 e. The molecule has 96 valence electrons. The van der Waals surface area contributed by atoms with Crippen LogP contribution in [0, 0.1) is 17.7 Å². The van der Waals surface area contributed by atoms with Gasteiger partial charge in [-0.25, -0.2) is 4.39 Å². The number of carboxylic acid groups (broad SMARTS) is 1. The van der Waals surface area contributed by atoms with Gasteiger partial charge in [0.15, 0.2) is 0 Å². The number of halogens is 1. The number of carbonyl (C=O) groups excluding carboxylic acids is 1. The second-order valence-electron chi connectivity index (χ2n) is 4.57. The molecule has 0 radical (unpaired) electrons. The van der Waals surface area contributed by atoms with Crippen LogP contribution in [0.3, 0.4) is 0 Å². The highest BCUT2D eigenvalue weighted by atomic mass is 19.1. The van der Waals surface area contributed by atoms with Crippen molar-refractivity contribution in [2.45, 2.75) is 19.4 Å². The average Bonchev–Trinajstić information content (AvgIpc) is 3.08. The topological polar surface area (TPSA) is 66.4 Å². The van der Waals surface area contributed by atoms with Crippen LogP contribution in [0.25, 0.3) is 0 Å². The number of aliphatic carboxylic acids is 1. The molecule has 5 heteroatoms. The van der Waals surface area contributed by atoms with Crippen molar-refractivity contribution >= 4 is 11.9 Å². The lowest BCUT2D eigenvalue weighted by molar-refractivity contribution is -0.140. The lowest BCUT2D eigenvalue weighted by atomic mass is 10.1. The molecule has 1 fully saturated rings. The van der Waals surface area contributed by atoms with E-state index in [1.54, 1.807) is 19.1 Å². The molecule has 2 N–H and O–H groups in total. The van der Waals surface area contributed by atoms with E-state index < -0.39 is 17.8 Å². The summed E-state index contributed by atoms with van der Waals surface area (Å²) in [6, 6.07) is 5.65. The Balaban J connectivity index is 1.94. The Morgan fingerprint density at radius 3 is 2.72 bits per heavy atom. The number of hydrogen-bond acceptors (Lipinski definition) is 2. The van der Waals surface area contributed by atoms with Gasteiger partial charge < -0.3 is 10.4 Å². The third-order valence-electron chi connectivity index (χ3n) is 3.15. The van der Waals surface area contributed by atoms with Gasteiger partial charge in [0, 0.05) is 0 Å². The molecule has 18 heavy (non-hydrogen) atoms. The first kappa shape index (κ1) is 12.5. The molecule has 1 amide bonds. The van der Waals surface area contributed by atoms with Crippen LogP contribution >= 0.6 is 0 Å². The zero-order chi connectivity index (χ0) is 13.3. The quantitative estimate of drug-likeness (QED) is 0.856. The maximum atomic E-state index is 13.0. The zero-order valence-electron chi connectivity index (χ0n) is 9.89. The first-order valence-corrected chi connectivity index (χ1v) is 5.77. The molecule has 0 spiro atoms. The zero-order valence-corrected chi connectivity index (χ0v) is 9.89. The van der Waals surface area contributed by atoms with Crippen LogP contribution in [0.2, 0.25) is 0 Å². The molecule has 3 atom stereocenters. The predicted octanol–water partition coefficient (Wildman–Crippen LogP) is 1.72. The Bertz CT molecular complexity index is 489. The minimum atomic E-state index is -0.937. The summed E-state index contributed by atoms with van der Waals surface area (Å²) in [5.41, 5.74) is 0.663. The van der Waals surface area contributed by atoms with Crippen molar-refractivity contribution in [3.8, 4) is 0 Å². The van der Waals surface area contributed by atoms with E-state index in [9.17, 15) is 14.0 Å². The molecule has 2 rings (SSSR count). The second-order valence-corrected chi connectivity index (χ2v) is 4.57. The fourth-order valence-electron chi connectivity index (χ4n) is 1.94. The fourth-order valence-corrected chi connectivity index (χ4v) is 1.94. The van der Waals surface area contributed by atoms with Gasteiger partial charge in [0.25, 0.3) is 0 Å². The maximum absolute atomic E-state index is 13.0. The molecule has 0 aromatic heterocycles. The minimum absolute atomic E-state index is 0.279. The number of rotatable bonds is 4. The summed E-state index contributed by atoms with van der Waals surface area (Å²) in [6.07, 6.45) is 0.386. The van der Waals surface area contributed by atoms with Crippen molar-refractivity contribution in [2.24, 2.45) is 11.8 Å². The van der Waals surface area contributed by atoms with Crippen LogP contribution in [0.5, 0.6) is 0 Å². The molecular weight excluding hydrogens is 237 g/mol. The van der Waals surface area contributed by atoms with E-state index in [0.717, 1.165) is 0 Å². The van der Waals surface area contributed by atoms with Crippen molar-refractivity contribution in [3.05, 3.63) is 35.6 Å². The van der Waals surface area contributed by atoms with Gasteiger partial charge in [0.05, 0.1) is 17.9 Å². The number of amides is 1. The standard InChI is InChI=1S/C13H14FNO3/c1-7(8-3-2-4-9(14)5-8)15-12(16)10-6-11(10)13(17)18/h2-5,7,10-11H,6H2,1H3,(H,15,16)(H,17,18)/t7-,10-,11+/m1/s1. The minimum Gasteiger partial charge on any atom is -0.481 e. The van der Waals surface area contributed by atoms with Gasteiger partial charge in [0.1, 0.15) is 5.82 Å². The smallest absolute Gasteiger partial charge is 0.307 e. The Kier molecular flexibility index (Phi) is 3.32. The third kappa shape index (κ3) is 2.67. The molecule has 1 saturated carbocycles. The summed E-state index contributed by atoms with van der Waals surface area (Å²) in [5, 5.41) is 11.4. The Labute approximate surface area is 104 Å². The Morgan fingerprint density at radius 2 is 2.17 bits per heavy atom. The van der Waals surface area contributed by atoms with Gasteiger partial charge in [-0.1, -0.05) is 12.1 Å². The van der Waals surface area contributed by atoms with E-state index in [-0.39, 0.29) is 17.8 Å². The van der Waals surface area contributed by atoms with Crippen LogP contribution < -0.4 is 5.32 Å². The summed E-state index contributed by atoms with van der Waals surface area (Å²) in [7, 11) is 0. The van der Waals surface area contributed by atoms with Crippen molar-refractivity contribution in [3.63, 3.8) is 0 Å². The normalized spacial score (nSPS) is 23.2. The molecule has 4 nitrogen and oxygen atoms in total. The van der Waals surface area contributed by atoms with Crippen LogP contribution in [-0.4, -0.2) is 17.0 Å². The highest BCUT2D eigenvalue weighted by Gasteiger charge is 2.48. The third-order valence-corrected chi connectivity index (χ3v) is 3.15. The van der Waals surface area contributed by atoms with E-state index in [1.165, 1.54) is 12.1 Å². The molecule has 1 aromatic rings. The SMILES string of the molecule is C[C@@H](NC(=O)[C@@H]1C[C@@H]1C(=O)O)c1cccc(F)c1. The van der Waals surface area contributed by atoms with Gasteiger partial charge in [-0.15, -0.1) is 0 Å². The fraction of sp³-hybridized carbons (Fsp3) is 0.385. The van der Waals surface area contributed by atoms with E-state index in [4.69, 9.17) is 5.11 Å². The van der Waals surface area contributed by atoms with Crippen LogP contribution in [0.15, 0.2) is 24.3 Å². The lowest BCUT2D eigenvalue weighted by Crippen LogP contribution is -2.29. The van der Waals surface area contributed by atoms with E-state index in [1.807, 2.05) is 0 Å². The number of carbonyl (C=O) groups is 2. The maximum Gasteiger partial charge on any atom is 0.307 e. The van der Waals surface area contributed by atoms with Crippen LogP contribution in [0.1, 0.15) is 24.9 Å². The highest BCUT2D eigenvalue weighted by Crippen LogP contribution is 2.39. The number of hydrogen-bond donors (Lipinski definition) is 2. The monoisotopic (exact) mass is 251 g/mol. The molecular formula is C13H14FNO3. The van der Waals surface area contributed by atoms with Crippen molar-refractivity contribution in [1.82, 2.24) is 5.32 Å².